The highest BCUT2D eigenvalue weighted by molar-refractivity contribution is 7.14. The molecule has 0 atom stereocenters. The summed E-state index contributed by atoms with van der Waals surface area (Å²) in [6.45, 7) is -0.159. The Kier molecular flexibility index (Phi) is 5.44. The highest BCUT2D eigenvalue weighted by atomic mass is 32.1. The lowest BCUT2D eigenvalue weighted by Gasteiger charge is -2.08. The number of carbonyl (C=O) groups is 1. The van der Waals surface area contributed by atoms with Crippen molar-refractivity contribution in [3.8, 4) is 22.8 Å². The summed E-state index contributed by atoms with van der Waals surface area (Å²) in [5.74, 6) is 0.952. The van der Waals surface area contributed by atoms with E-state index in [0.29, 0.717) is 33.2 Å². The van der Waals surface area contributed by atoms with Gasteiger partial charge in [-0.2, -0.15) is 0 Å². The second kappa shape index (κ2) is 8.34. The first-order valence-corrected chi connectivity index (χ1v) is 9.89. The summed E-state index contributed by atoms with van der Waals surface area (Å²) in [6, 6.07) is 12.4. The van der Waals surface area contributed by atoms with E-state index in [-0.39, 0.29) is 18.0 Å². The molecule has 9 heteroatoms. The number of methoxy groups -OCH3 is 2. The van der Waals surface area contributed by atoms with Gasteiger partial charge in [0.1, 0.15) is 18.0 Å². The summed E-state index contributed by atoms with van der Waals surface area (Å²) in [4.78, 5) is 33.7. The Balaban J connectivity index is 1.53. The summed E-state index contributed by atoms with van der Waals surface area (Å²) in [6.07, 6.45) is 1.37. The number of thiazole rings is 1. The molecule has 2 aromatic heterocycles. The van der Waals surface area contributed by atoms with Crippen molar-refractivity contribution >= 4 is 33.3 Å². The molecule has 0 aliphatic carbocycles. The van der Waals surface area contributed by atoms with Gasteiger partial charge in [0.25, 0.3) is 5.56 Å². The summed E-state index contributed by atoms with van der Waals surface area (Å²) >= 11 is 1.28. The van der Waals surface area contributed by atoms with Gasteiger partial charge in [0, 0.05) is 10.9 Å². The molecule has 1 N–H and O–H groups in total. The summed E-state index contributed by atoms with van der Waals surface area (Å²) in [5.41, 5.74) is 1.73. The van der Waals surface area contributed by atoms with Crippen molar-refractivity contribution in [2.24, 2.45) is 0 Å². The fraction of sp³-hybridized carbons (Fsp3) is 0.143. The van der Waals surface area contributed by atoms with Crippen molar-refractivity contribution < 1.29 is 14.3 Å². The quantitative estimate of drug-likeness (QED) is 0.513. The number of nitrogens with zero attached hydrogens (tertiary/aromatic N) is 3. The van der Waals surface area contributed by atoms with E-state index in [1.165, 1.54) is 22.2 Å². The number of fused-ring (bicyclic) bond motifs is 1. The Bertz CT molecular complexity index is 1280. The number of anilines is 1. The number of carbonyl (C=O) groups excluding carboxylic acids is 1. The van der Waals surface area contributed by atoms with Gasteiger partial charge in [-0.25, -0.2) is 9.97 Å². The van der Waals surface area contributed by atoms with Crippen LogP contribution in [0.4, 0.5) is 5.13 Å². The molecule has 0 bridgehead atoms. The monoisotopic (exact) mass is 422 g/mol. The van der Waals surface area contributed by atoms with Crippen LogP contribution in [0, 0.1) is 0 Å². The molecule has 0 aliphatic heterocycles. The van der Waals surface area contributed by atoms with E-state index in [4.69, 9.17) is 9.47 Å². The second-order valence-corrected chi connectivity index (χ2v) is 7.21. The molecule has 1 amide bonds. The van der Waals surface area contributed by atoms with Crippen molar-refractivity contribution in [2.75, 3.05) is 19.5 Å². The van der Waals surface area contributed by atoms with Gasteiger partial charge in [-0.1, -0.05) is 12.1 Å². The van der Waals surface area contributed by atoms with Crippen molar-refractivity contribution in [1.29, 1.82) is 0 Å². The maximum absolute atomic E-state index is 12.5. The van der Waals surface area contributed by atoms with Crippen LogP contribution in [0.3, 0.4) is 0 Å². The molecule has 0 saturated carbocycles. The number of amides is 1. The summed E-state index contributed by atoms with van der Waals surface area (Å²) < 4.78 is 11.9. The van der Waals surface area contributed by atoms with Crippen molar-refractivity contribution in [3.63, 3.8) is 0 Å². The van der Waals surface area contributed by atoms with Crippen LogP contribution >= 0.6 is 11.3 Å². The Labute approximate surface area is 175 Å². The van der Waals surface area contributed by atoms with E-state index in [9.17, 15) is 9.59 Å². The Morgan fingerprint density at radius 3 is 2.80 bits per heavy atom. The average Bonchev–Trinajstić information content (AvgIpc) is 3.23. The number of rotatable bonds is 6. The molecule has 2 heterocycles. The second-order valence-electron chi connectivity index (χ2n) is 6.35. The topological polar surface area (TPSA) is 95.3 Å². The zero-order valence-electron chi connectivity index (χ0n) is 16.3. The maximum Gasteiger partial charge on any atom is 0.261 e. The van der Waals surface area contributed by atoms with E-state index >= 15 is 0 Å². The molecule has 0 aliphatic rings. The molecule has 4 aromatic rings. The summed E-state index contributed by atoms with van der Waals surface area (Å²) in [7, 11) is 3.16. The van der Waals surface area contributed by atoms with Crippen molar-refractivity contribution in [1.82, 2.24) is 14.5 Å². The minimum atomic E-state index is -0.368. The predicted molar refractivity (Wildman–Crippen MR) is 115 cm³/mol. The normalized spacial score (nSPS) is 10.7. The molecule has 0 fully saturated rings. The molecule has 0 unspecified atom stereocenters. The highest BCUT2D eigenvalue weighted by Crippen LogP contribution is 2.35. The van der Waals surface area contributed by atoms with E-state index in [1.54, 1.807) is 44.6 Å². The molecule has 0 spiro atoms. The number of aromatic nitrogens is 3. The minimum absolute atomic E-state index is 0.159. The van der Waals surface area contributed by atoms with Crippen molar-refractivity contribution in [2.45, 2.75) is 6.54 Å². The standard InChI is InChI=1S/C21H18N4O4S/c1-28-13-7-8-18(29-2)15(9-13)17-11-30-21(23-17)24-19(26)10-25-12-22-16-6-4-3-5-14(16)20(25)27/h3-9,11-12H,10H2,1-2H3,(H,23,24,26). The molecule has 2 aromatic carbocycles. The highest BCUT2D eigenvalue weighted by Gasteiger charge is 2.14. The van der Waals surface area contributed by atoms with Crippen LogP contribution in [0.25, 0.3) is 22.2 Å². The molecule has 4 rings (SSSR count). The van der Waals surface area contributed by atoms with Gasteiger partial charge >= 0.3 is 0 Å². The predicted octanol–water partition coefficient (Wildman–Crippen LogP) is 3.18. The first kappa shape index (κ1) is 19.6. The first-order valence-electron chi connectivity index (χ1n) is 9.01. The Hall–Kier alpha value is -3.72. The lowest BCUT2D eigenvalue weighted by Crippen LogP contribution is -2.27. The third kappa shape index (κ3) is 3.87. The first-order chi connectivity index (χ1) is 14.6. The zero-order valence-corrected chi connectivity index (χ0v) is 17.1. The van der Waals surface area contributed by atoms with Gasteiger partial charge in [-0.3, -0.25) is 14.2 Å². The number of benzene rings is 2. The van der Waals surface area contributed by atoms with Crippen LogP contribution < -0.4 is 20.3 Å². The Morgan fingerprint density at radius 1 is 1.17 bits per heavy atom. The number of nitrogens with one attached hydrogen (secondary N) is 1. The van der Waals surface area contributed by atoms with Crippen LogP contribution in [0.1, 0.15) is 0 Å². The number of ether oxygens (including phenoxy) is 2. The minimum Gasteiger partial charge on any atom is -0.497 e. The van der Waals surface area contributed by atoms with Crippen LogP contribution in [-0.4, -0.2) is 34.7 Å². The van der Waals surface area contributed by atoms with Gasteiger partial charge in [0.15, 0.2) is 5.13 Å². The fourth-order valence-electron chi connectivity index (χ4n) is 3.00. The summed E-state index contributed by atoms with van der Waals surface area (Å²) in [5, 5.41) is 5.43. The average molecular weight is 422 g/mol. The fourth-order valence-corrected chi connectivity index (χ4v) is 3.73. The zero-order chi connectivity index (χ0) is 21.1. The molecule has 0 radical (unpaired) electrons. The lowest BCUT2D eigenvalue weighted by molar-refractivity contribution is -0.116. The smallest absolute Gasteiger partial charge is 0.261 e. The van der Waals surface area contributed by atoms with E-state index < -0.39 is 0 Å². The van der Waals surface area contributed by atoms with Gasteiger partial charge in [-0.05, 0) is 30.3 Å². The van der Waals surface area contributed by atoms with Gasteiger partial charge in [0.2, 0.25) is 5.91 Å². The lowest BCUT2D eigenvalue weighted by atomic mass is 10.1. The number of hydrogen-bond donors (Lipinski definition) is 1. The molecular weight excluding hydrogens is 404 g/mol. The van der Waals surface area contributed by atoms with E-state index in [1.807, 2.05) is 17.5 Å². The van der Waals surface area contributed by atoms with E-state index in [0.717, 1.165) is 5.56 Å². The molecule has 30 heavy (non-hydrogen) atoms. The van der Waals surface area contributed by atoms with Crippen LogP contribution in [-0.2, 0) is 11.3 Å². The number of hydrogen-bond acceptors (Lipinski definition) is 7. The largest absolute Gasteiger partial charge is 0.497 e. The SMILES string of the molecule is COc1ccc(OC)c(-c2csc(NC(=O)Cn3cnc4ccccc4c3=O)n2)c1. The third-order valence-electron chi connectivity index (χ3n) is 4.48. The third-order valence-corrected chi connectivity index (χ3v) is 5.24. The van der Waals surface area contributed by atoms with Gasteiger partial charge in [-0.15, -0.1) is 11.3 Å². The van der Waals surface area contributed by atoms with Gasteiger partial charge in [0.05, 0.1) is 37.1 Å². The molecule has 8 nitrogen and oxygen atoms in total. The van der Waals surface area contributed by atoms with Crippen LogP contribution in [0.2, 0.25) is 0 Å². The Morgan fingerprint density at radius 2 is 2.00 bits per heavy atom. The molecule has 152 valence electrons. The molecule has 0 saturated heterocycles. The van der Waals surface area contributed by atoms with Crippen LogP contribution in [0.15, 0.2) is 59.0 Å². The van der Waals surface area contributed by atoms with Crippen LogP contribution in [0.5, 0.6) is 11.5 Å². The van der Waals surface area contributed by atoms with Crippen molar-refractivity contribution in [3.05, 3.63) is 64.5 Å². The number of para-hydroxylation sites is 1. The maximum atomic E-state index is 12.5. The van der Waals surface area contributed by atoms with E-state index in [2.05, 4.69) is 15.3 Å². The molecular formula is C21H18N4O4S. The van der Waals surface area contributed by atoms with Gasteiger partial charge < -0.3 is 14.8 Å².